The second-order valence-corrected chi connectivity index (χ2v) is 4.04. The summed E-state index contributed by atoms with van der Waals surface area (Å²) in [6, 6.07) is -0.446. The summed E-state index contributed by atoms with van der Waals surface area (Å²) in [5.74, 6) is 0.780. The van der Waals surface area contributed by atoms with Crippen molar-refractivity contribution in [1.82, 2.24) is 20.1 Å². The number of nitrogens with zero attached hydrogens (tertiary/aromatic N) is 3. The number of H-pyrrole nitrogens is 1. The lowest BCUT2D eigenvalue weighted by Crippen LogP contribution is -2.45. The number of hydrogen-bond acceptors (Lipinski definition) is 4. The number of aromatic nitrogens is 3. The molecule has 0 saturated heterocycles. The first-order valence-corrected chi connectivity index (χ1v) is 5.41. The molecule has 0 aromatic carbocycles. The maximum Gasteiger partial charge on any atom is 0.239 e. The summed E-state index contributed by atoms with van der Waals surface area (Å²) >= 11 is 0. The van der Waals surface area contributed by atoms with Crippen molar-refractivity contribution in [2.75, 3.05) is 7.05 Å². The summed E-state index contributed by atoms with van der Waals surface area (Å²) in [4.78, 5) is 17.4. The zero-order valence-corrected chi connectivity index (χ0v) is 9.97. The van der Waals surface area contributed by atoms with E-state index in [1.54, 1.807) is 11.9 Å². The zero-order chi connectivity index (χ0) is 12.1. The minimum absolute atomic E-state index is 0.0641. The number of carbonyl (C=O) groups is 1. The number of likely N-dealkylation sites (N-methyl/N-ethyl adjacent to an activating group) is 1. The van der Waals surface area contributed by atoms with E-state index < -0.39 is 6.04 Å². The van der Waals surface area contributed by atoms with Crippen molar-refractivity contribution in [2.45, 2.75) is 32.9 Å². The molecule has 0 radical (unpaired) electrons. The van der Waals surface area contributed by atoms with Crippen molar-refractivity contribution in [3.8, 4) is 0 Å². The minimum Gasteiger partial charge on any atom is -0.337 e. The number of carbonyl (C=O) groups excluding carboxylic acids is 1. The van der Waals surface area contributed by atoms with E-state index in [9.17, 15) is 4.79 Å². The first kappa shape index (κ1) is 12.6. The molecule has 0 bridgehead atoms. The number of nitrogens with two attached hydrogens (primary N) is 1. The average Bonchev–Trinajstić information content (AvgIpc) is 2.78. The van der Waals surface area contributed by atoms with E-state index in [1.165, 1.54) is 6.33 Å². The van der Waals surface area contributed by atoms with Gasteiger partial charge in [0, 0.05) is 7.05 Å². The molecule has 1 aromatic heterocycles. The lowest BCUT2D eigenvalue weighted by molar-refractivity contribution is -0.133. The van der Waals surface area contributed by atoms with Crippen molar-refractivity contribution in [2.24, 2.45) is 11.7 Å². The molecule has 0 saturated carbocycles. The molecular formula is C10H19N5O. The summed E-state index contributed by atoms with van der Waals surface area (Å²) in [6.45, 7) is 4.40. The van der Waals surface area contributed by atoms with Gasteiger partial charge >= 0.3 is 0 Å². The van der Waals surface area contributed by atoms with Crippen LogP contribution in [0.5, 0.6) is 0 Å². The molecule has 6 heteroatoms. The molecule has 16 heavy (non-hydrogen) atoms. The predicted molar refractivity (Wildman–Crippen MR) is 60.3 cm³/mol. The van der Waals surface area contributed by atoms with Gasteiger partial charge in [0.05, 0.1) is 12.6 Å². The van der Waals surface area contributed by atoms with Crippen LogP contribution in [0.4, 0.5) is 0 Å². The van der Waals surface area contributed by atoms with Crippen molar-refractivity contribution in [1.29, 1.82) is 0 Å². The normalized spacial score (nSPS) is 14.5. The van der Waals surface area contributed by atoms with Crippen molar-refractivity contribution in [3.63, 3.8) is 0 Å². The van der Waals surface area contributed by atoms with Gasteiger partial charge in [0.2, 0.25) is 5.91 Å². The van der Waals surface area contributed by atoms with Crippen molar-refractivity contribution in [3.05, 3.63) is 12.2 Å². The Labute approximate surface area is 95.2 Å². The van der Waals surface area contributed by atoms with E-state index in [1.807, 2.05) is 13.8 Å². The molecule has 3 N–H and O–H groups in total. The quantitative estimate of drug-likeness (QED) is 0.746. The van der Waals surface area contributed by atoms with Crippen LogP contribution in [0.25, 0.3) is 0 Å². The third-order valence-corrected chi connectivity index (χ3v) is 2.77. The van der Waals surface area contributed by atoms with Crippen molar-refractivity contribution < 1.29 is 4.79 Å². The van der Waals surface area contributed by atoms with Crippen LogP contribution in [0.1, 0.15) is 26.1 Å². The summed E-state index contributed by atoms with van der Waals surface area (Å²) in [6.07, 6.45) is 2.31. The van der Waals surface area contributed by atoms with Crippen LogP contribution >= 0.6 is 0 Å². The highest BCUT2D eigenvalue weighted by atomic mass is 16.2. The molecule has 2 unspecified atom stereocenters. The Balaban J connectivity index is 2.53. The van der Waals surface area contributed by atoms with E-state index in [0.29, 0.717) is 12.4 Å². The first-order valence-electron chi connectivity index (χ1n) is 5.41. The molecule has 1 heterocycles. The topological polar surface area (TPSA) is 87.9 Å². The zero-order valence-electron chi connectivity index (χ0n) is 9.97. The van der Waals surface area contributed by atoms with Gasteiger partial charge in [-0.1, -0.05) is 20.3 Å². The van der Waals surface area contributed by atoms with Gasteiger partial charge in [-0.15, -0.1) is 0 Å². The van der Waals surface area contributed by atoms with Gasteiger partial charge < -0.3 is 10.6 Å². The molecule has 2 atom stereocenters. The lowest BCUT2D eigenvalue weighted by atomic mass is 9.99. The lowest BCUT2D eigenvalue weighted by Gasteiger charge is -2.23. The molecule has 1 amide bonds. The largest absolute Gasteiger partial charge is 0.337 e. The second kappa shape index (κ2) is 5.60. The number of hydrogen-bond donors (Lipinski definition) is 2. The monoisotopic (exact) mass is 225 g/mol. The fourth-order valence-electron chi connectivity index (χ4n) is 1.36. The fraction of sp³-hybridized carbons (Fsp3) is 0.700. The van der Waals surface area contributed by atoms with E-state index in [0.717, 1.165) is 6.42 Å². The van der Waals surface area contributed by atoms with Crippen LogP contribution in [0.2, 0.25) is 0 Å². The molecule has 0 aliphatic rings. The van der Waals surface area contributed by atoms with Crippen molar-refractivity contribution >= 4 is 5.91 Å². The van der Waals surface area contributed by atoms with Gasteiger partial charge in [0.15, 0.2) is 0 Å². The molecule has 0 aliphatic carbocycles. The Morgan fingerprint density at radius 1 is 1.69 bits per heavy atom. The molecule has 1 rings (SSSR count). The second-order valence-electron chi connectivity index (χ2n) is 4.04. The van der Waals surface area contributed by atoms with Crippen LogP contribution in [0.3, 0.4) is 0 Å². The Morgan fingerprint density at radius 3 is 2.88 bits per heavy atom. The number of rotatable bonds is 5. The Hall–Kier alpha value is -1.43. The van der Waals surface area contributed by atoms with Crippen LogP contribution in [-0.4, -0.2) is 39.1 Å². The predicted octanol–water partition coefficient (Wildman–Crippen LogP) is 0.137. The van der Waals surface area contributed by atoms with Gasteiger partial charge in [0.1, 0.15) is 12.2 Å². The summed E-state index contributed by atoms with van der Waals surface area (Å²) in [7, 11) is 1.72. The van der Waals surface area contributed by atoms with Gasteiger partial charge in [-0.3, -0.25) is 9.89 Å². The van der Waals surface area contributed by atoms with Gasteiger partial charge in [-0.05, 0) is 5.92 Å². The Bertz CT molecular complexity index is 324. The molecule has 0 fully saturated rings. The molecular weight excluding hydrogens is 206 g/mol. The Morgan fingerprint density at radius 2 is 2.38 bits per heavy atom. The maximum absolute atomic E-state index is 11.9. The van der Waals surface area contributed by atoms with Gasteiger partial charge in [-0.25, -0.2) is 4.98 Å². The smallest absolute Gasteiger partial charge is 0.239 e. The average molecular weight is 225 g/mol. The number of aromatic amines is 1. The number of amides is 1. The third kappa shape index (κ3) is 3.03. The summed E-state index contributed by atoms with van der Waals surface area (Å²) in [5, 5.41) is 6.43. The van der Waals surface area contributed by atoms with Gasteiger partial charge in [0.25, 0.3) is 0 Å². The van der Waals surface area contributed by atoms with E-state index in [-0.39, 0.29) is 11.8 Å². The summed E-state index contributed by atoms with van der Waals surface area (Å²) in [5.41, 5.74) is 5.86. The highest BCUT2D eigenvalue weighted by Gasteiger charge is 2.23. The minimum atomic E-state index is -0.446. The highest BCUT2D eigenvalue weighted by Crippen LogP contribution is 2.08. The highest BCUT2D eigenvalue weighted by molar-refractivity contribution is 5.81. The maximum atomic E-state index is 11.9. The van der Waals surface area contributed by atoms with E-state index >= 15 is 0 Å². The summed E-state index contributed by atoms with van der Waals surface area (Å²) < 4.78 is 0. The SMILES string of the molecule is CCC(C)C(N)C(=O)N(C)Cc1ncn[nH]1. The van der Waals surface area contributed by atoms with Crippen LogP contribution < -0.4 is 5.73 Å². The van der Waals surface area contributed by atoms with Gasteiger partial charge in [-0.2, -0.15) is 5.10 Å². The Kier molecular flexibility index (Phi) is 4.42. The molecule has 0 spiro atoms. The van der Waals surface area contributed by atoms with Crippen LogP contribution in [-0.2, 0) is 11.3 Å². The van der Waals surface area contributed by atoms with E-state index in [4.69, 9.17) is 5.73 Å². The fourth-order valence-corrected chi connectivity index (χ4v) is 1.36. The molecule has 90 valence electrons. The number of nitrogens with one attached hydrogen (secondary N) is 1. The first-order chi connectivity index (χ1) is 7.56. The molecule has 6 nitrogen and oxygen atoms in total. The standard InChI is InChI=1S/C10H19N5O/c1-4-7(2)9(11)10(16)15(3)5-8-12-6-13-14-8/h6-7,9H,4-5,11H2,1-3H3,(H,12,13,14). The van der Waals surface area contributed by atoms with E-state index in [2.05, 4.69) is 15.2 Å². The third-order valence-electron chi connectivity index (χ3n) is 2.77. The molecule has 0 aliphatic heterocycles. The molecule has 1 aromatic rings. The van der Waals surface area contributed by atoms with Crippen LogP contribution in [0.15, 0.2) is 6.33 Å². The van der Waals surface area contributed by atoms with Crippen LogP contribution in [0, 0.1) is 5.92 Å².